The van der Waals surface area contributed by atoms with Crippen LogP contribution in [0.25, 0.3) is 0 Å². The number of nitrogens with zero attached hydrogens (tertiary/aromatic N) is 3. The fourth-order valence-corrected chi connectivity index (χ4v) is 2.17. The quantitative estimate of drug-likeness (QED) is 0.489. The lowest BCUT2D eigenvalue weighted by atomic mass is 10.1. The van der Waals surface area contributed by atoms with E-state index in [0.717, 1.165) is 17.7 Å². The Balaban J connectivity index is 2.53. The van der Waals surface area contributed by atoms with E-state index in [1.54, 1.807) is 0 Å². The third-order valence-electron chi connectivity index (χ3n) is 2.64. The topological polar surface area (TPSA) is 47.2 Å². The molecule has 0 amide bonds. The van der Waals surface area contributed by atoms with Gasteiger partial charge in [0, 0.05) is 12.3 Å². The van der Waals surface area contributed by atoms with E-state index in [-0.39, 0.29) is 5.56 Å². The minimum atomic E-state index is -0.166. The second-order valence-corrected chi connectivity index (χ2v) is 4.62. The zero-order valence-electron chi connectivity index (χ0n) is 10.9. The highest BCUT2D eigenvalue weighted by molar-refractivity contribution is 7.98. The molecule has 0 aliphatic carbocycles. The average molecular weight is 273 g/mol. The van der Waals surface area contributed by atoms with Crippen molar-refractivity contribution in [3.63, 3.8) is 0 Å². The molecule has 2 aromatic rings. The van der Waals surface area contributed by atoms with Gasteiger partial charge in [0.15, 0.2) is 5.16 Å². The van der Waals surface area contributed by atoms with Crippen molar-refractivity contribution in [3.8, 4) is 0 Å². The van der Waals surface area contributed by atoms with E-state index in [1.165, 1.54) is 28.7 Å². The molecule has 0 aliphatic heterocycles. The first kappa shape index (κ1) is 13.5. The van der Waals surface area contributed by atoms with Crippen LogP contribution in [0.4, 0.5) is 0 Å². The summed E-state index contributed by atoms with van der Waals surface area (Å²) >= 11 is 1.40. The molecule has 0 spiro atoms. The maximum Gasteiger partial charge on any atom is 0.274 e. The van der Waals surface area contributed by atoms with Crippen LogP contribution in [0.1, 0.15) is 18.9 Å². The largest absolute Gasteiger partial charge is 0.274 e. The van der Waals surface area contributed by atoms with Gasteiger partial charge in [-0.15, -0.1) is 0 Å². The van der Waals surface area contributed by atoms with E-state index in [1.807, 2.05) is 43.5 Å². The maximum atomic E-state index is 11.9. The molecule has 98 valence electrons. The summed E-state index contributed by atoms with van der Waals surface area (Å²) < 4.78 is 1.36. The van der Waals surface area contributed by atoms with Gasteiger partial charge in [-0.2, -0.15) is 9.78 Å². The Morgan fingerprint density at radius 2 is 2.05 bits per heavy atom. The molecule has 0 radical (unpaired) electrons. The molecule has 19 heavy (non-hydrogen) atoms. The van der Waals surface area contributed by atoms with E-state index in [9.17, 15) is 4.79 Å². The van der Waals surface area contributed by atoms with Gasteiger partial charge < -0.3 is 0 Å². The van der Waals surface area contributed by atoms with Crippen molar-refractivity contribution in [2.45, 2.75) is 18.5 Å². The highest BCUT2D eigenvalue weighted by Gasteiger charge is 2.06. The predicted octanol–water partition coefficient (Wildman–Crippen LogP) is 2.63. The highest BCUT2D eigenvalue weighted by atomic mass is 32.2. The summed E-state index contributed by atoms with van der Waals surface area (Å²) in [5.74, 6) is 0. The molecule has 0 unspecified atom stereocenters. The second kappa shape index (κ2) is 6.33. The first-order valence-electron chi connectivity index (χ1n) is 6.01. The molecule has 0 saturated carbocycles. The summed E-state index contributed by atoms with van der Waals surface area (Å²) in [5, 5.41) is 5.05. The molecule has 0 N–H and O–H groups in total. The lowest BCUT2D eigenvalue weighted by Gasteiger charge is -2.07. The van der Waals surface area contributed by atoms with Crippen molar-refractivity contribution in [2.24, 2.45) is 5.10 Å². The number of thioether (sulfide) groups is 1. The Bertz CT molecular complexity index is 635. The van der Waals surface area contributed by atoms with Crippen molar-refractivity contribution in [1.82, 2.24) is 9.66 Å². The summed E-state index contributed by atoms with van der Waals surface area (Å²) in [6.45, 7) is 2.02. The molecule has 0 fully saturated rings. The van der Waals surface area contributed by atoms with E-state index in [0.29, 0.717) is 5.16 Å². The van der Waals surface area contributed by atoms with Gasteiger partial charge >= 0.3 is 0 Å². The van der Waals surface area contributed by atoms with E-state index in [2.05, 4.69) is 10.1 Å². The second-order valence-electron chi connectivity index (χ2n) is 3.85. The average Bonchev–Trinajstić information content (AvgIpc) is 2.46. The van der Waals surface area contributed by atoms with Crippen LogP contribution in [-0.4, -0.2) is 21.6 Å². The highest BCUT2D eigenvalue weighted by Crippen LogP contribution is 2.10. The summed E-state index contributed by atoms with van der Waals surface area (Å²) in [7, 11) is 0. The van der Waals surface area contributed by atoms with E-state index < -0.39 is 0 Å². The molecule has 1 aromatic carbocycles. The van der Waals surface area contributed by atoms with E-state index >= 15 is 0 Å². The predicted molar refractivity (Wildman–Crippen MR) is 78.9 cm³/mol. The molecule has 2 rings (SSSR count). The van der Waals surface area contributed by atoms with Gasteiger partial charge in [0.2, 0.25) is 0 Å². The van der Waals surface area contributed by atoms with Gasteiger partial charge in [0.1, 0.15) is 0 Å². The molecule has 4 nitrogen and oxygen atoms in total. The number of hydrogen-bond acceptors (Lipinski definition) is 4. The Hall–Kier alpha value is -1.88. The van der Waals surface area contributed by atoms with Crippen molar-refractivity contribution >= 4 is 17.5 Å². The van der Waals surface area contributed by atoms with Gasteiger partial charge in [0.05, 0.1) is 5.71 Å². The van der Waals surface area contributed by atoms with Crippen LogP contribution in [-0.2, 0) is 0 Å². The lowest BCUT2D eigenvalue weighted by molar-refractivity contribution is 0.686. The van der Waals surface area contributed by atoms with Crippen molar-refractivity contribution in [1.29, 1.82) is 0 Å². The summed E-state index contributed by atoms with van der Waals surface area (Å²) in [5.41, 5.74) is 1.72. The molecule has 1 heterocycles. The third kappa shape index (κ3) is 3.12. The SMILES string of the molecule is CC/C(=N\n1c(SC)nccc1=O)c1ccccc1. The number of hydrogen-bond donors (Lipinski definition) is 0. The zero-order chi connectivity index (χ0) is 13.7. The Morgan fingerprint density at radius 3 is 2.68 bits per heavy atom. The minimum absolute atomic E-state index is 0.166. The fraction of sp³-hybridized carbons (Fsp3) is 0.214. The Kier molecular flexibility index (Phi) is 4.52. The monoisotopic (exact) mass is 273 g/mol. The van der Waals surface area contributed by atoms with Crippen LogP contribution in [0.3, 0.4) is 0 Å². The number of aromatic nitrogens is 2. The number of rotatable bonds is 4. The molecule has 0 aliphatic rings. The van der Waals surface area contributed by atoms with Gasteiger partial charge in [-0.1, -0.05) is 49.0 Å². The summed E-state index contributed by atoms with van der Waals surface area (Å²) in [6.07, 6.45) is 4.13. The molecule has 5 heteroatoms. The molecular weight excluding hydrogens is 258 g/mol. The Morgan fingerprint density at radius 1 is 1.32 bits per heavy atom. The fourth-order valence-electron chi connectivity index (χ4n) is 1.70. The van der Waals surface area contributed by atoms with Crippen molar-refractivity contribution in [3.05, 3.63) is 58.5 Å². The first-order chi connectivity index (χ1) is 9.26. The summed E-state index contributed by atoms with van der Waals surface area (Å²) in [4.78, 5) is 16.0. The summed E-state index contributed by atoms with van der Waals surface area (Å²) in [6, 6.07) is 11.3. The third-order valence-corrected chi connectivity index (χ3v) is 3.28. The normalized spacial score (nSPS) is 11.6. The molecule has 0 bridgehead atoms. The van der Waals surface area contributed by atoms with Crippen LogP contribution in [0, 0.1) is 0 Å². The van der Waals surface area contributed by atoms with Crippen molar-refractivity contribution < 1.29 is 0 Å². The van der Waals surface area contributed by atoms with Crippen molar-refractivity contribution in [2.75, 3.05) is 6.26 Å². The van der Waals surface area contributed by atoms with Gasteiger partial charge in [0.25, 0.3) is 5.56 Å². The smallest absolute Gasteiger partial charge is 0.267 e. The first-order valence-corrected chi connectivity index (χ1v) is 7.24. The van der Waals surface area contributed by atoms with E-state index in [4.69, 9.17) is 0 Å². The molecule has 0 saturated heterocycles. The molecule has 0 atom stereocenters. The van der Waals surface area contributed by atoms with Crippen LogP contribution in [0.15, 0.2) is 57.6 Å². The van der Waals surface area contributed by atoms with Crippen LogP contribution < -0.4 is 5.56 Å². The van der Waals surface area contributed by atoms with Crippen LogP contribution in [0.2, 0.25) is 0 Å². The zero-order valence-corrected chi connectivity index (χ0v) is 11.7. The molecular formula is C14H15N3OS. The Labute approximate surface area is 116 Å². The van der Waals surface area contributed by atoms with Gasteiger partial charge in [-0.05, 0) is 18.2 Å². The van der Waals surface area contributed by atoms with Gasteiger partial charge in [-0.25, -0.2) is 4.98 Å². The minimum Gasteiger partial charge on any atom is -0.267 e. The van der Waals surface area contributed by atoms with Gasteiger partial charge in [-0.3, -0.25) is 4.79 Å². The number of benzene rings is 1. The standard InChI is InChI=1S/C14H15N3OS/c1-3-12(11-7-5-4-6-8-11)16-17-13(18)9-10-15-14(17)19-2/h4-10H,3H2,1-2H3/b16-12+. The van der Waals surface area contributed by atoms with Crippen LogP contribution >= 0.6 is 11.8 Å². The lowest BCUT2D eigenvalue weighted by Crippen LogP contribution is -2.19. The molecule has 1 aromatic heterocycles. The maximum absolute atomic E-state index is 11.9. The van der Waals surface area contributed by atoms with Crippen LogP contribution in [0.5, 0.6) is 0 Å².